The normalized spacial score (nSPS) is 13.0. The molecule has 0 aliphatic rings. The zero-order valence-electron chi connectivity index (χ0n) is 13.5. The van der Waals surface area contributed by atoms with E-state index in [4.69, 9.17) is 5.11 Å². The van der Waals surface area contributed by atoms with Gasteiger partial charge in [-0.2, -0.15) is 0 Å². The van der Waals surface area contributed by atoms with Gasteiger partial charge in [-0.15, -0.1) is 11.8 Å². The van der Waals surface area contributed by atoms with Crippen LogP contribution in [-0.2, 0) is 14.4 Å². The summed E-state index contributed by atoms with van der Waals surface area (Å²) in [4.78, 5) is 34.5. The Morgan fingerprint density at radius 1 is 1.17 bits per heavy atom. The first-order valence-corrected chi connectivity index (χ1v) is 8.19. The molecule has 2 atom stereocenters. The first-order chi connectivity index (χ1) is 10.8. The average Bonchev–Trinajstić information content (AvgIpc) is 2.45. The predicted octanol–water partition coefficient (Wildman–Crippen LogP) is 2.35. The summed E-state index contributed by atoms with van der Waals surface area (Å²) in [5.41, 5.74) is 0.710. The van der Waals surface area contributed by atoms with Crippen molar-refractivity contribution in [3.63, 3.8) is 0 Å². The smallest absolute Gasteiger partial charge is 0.303 e. The van der Waals surface area contributed by atoms with Crippen molar-refractivity contribution in [1.29, 1.82) is 0 Å². The number of carbonyl (C=O) groups excluding carboxylic acids is 2. The van der Waals surface area contributed by atoms with Gasteiger partial charge in [0.25, 0.3) is 0 Å². The van der Waals surface area contributed by atoms with Crippen molar-refractivity contribution in [2.75, 3.05) is 11.9 Å². The number of carboxylic acids is 1. The molecule has 0 heterocycles. The van der Waals surface area contributed by atoms with E-state index < -0.39 is 5.97 Å². The van der Waals surface area contributed by atoms with Gasteiger partial charge >= 0.3 is 5.97 Å². The summed E-state index contributed by atoms with van der Waals surface area (Å²) in [6, 6.07) is 7.24. The third kappa shape index (κ3) is 7.69. The van der Waals surface area contributed by atoms with Gasteiger partial charge in [-0.25, -0.2) is 0 Å². The highest BCUT2D eigenvalue weighted by Crippen LogP contribution is 2.24. The fourth-order valence-electron chi connectivity index (χ4n) is 1.87. The number of amides is 2. The second kappa shape index (κ2) is 9.19. The topological polar surface area (TPSA) is 95.5 Å². The van der Waals surface area contributed by atoms with Gasteiger partial charge in [0.05, 0.1) is 5.25 Å². The standard InChI is InChI=1S/C16H22N2O4S/c1-10(8-15(20)21)9-17-16(22)11(2)23-14-6-4-13(5-7-14)18-12(3)19/h4-7,10-11H,8-9H2,1-3H3,(H,17,22)(H,18,19)(H,20,21). The number of anilines is 1. The van der Waals surface area contributed by atoms with Crippen LogP contribution in [0.25, 0.3) is 0 Å². The van der Waals surface area contributed by atoms with Crippen LogP contribution in [0.1, 0.15) is 27.2 Å². The molecule has 23 heavy (non-hydrogen) atoms. The summed E-state index contributed by atoms with van der Waals surface area (Å²) in [5.74, 6) is -1.23. The van der Waals surface area contributed by atoms with E-state index in [2.05, 4.69) is 10.6 Å². The molecule has 126 valence electrons. The minimum atomic E-state index is -0.867. The van der Waals surface area contributed by atoms with Gasteiger partial charge in [0.2, 0.25) is 11.8 Å². The highest BCUT2D eigenvalue weighted by atomic mass is 32.2. The van der Waals surface area contributed by atoms with Crippen LogP contribution in [0.2, 0.25) is 0 Å². The summed E-state index contributed by atoms with van der Waals surface area (Å²) in [6.45, 7) is 5.37. The van der Waals surface area contributed by atoms with Crippen molar-refractivity contribution in [3.05, 3.63) is 24.3 Å². The largest absolute Gasteiger partial charge is 0.481 e. The maximum atomic E-state index is 12.0. The molecule has 7 heteroatoms. The maximum absolute atomic E-state index is 12.0. The van der Waals surface area contributed by atoms with Gasteiger partial charge < -0.3 is 15.7 Å². The monoisotopic (exact) mass is 338 g/mol. The van der Waals surface area contributed by atoms with Crippen molar-refractivity contribution in [3.8, 4) is 0 Å². The molecular formula is C16H22N2O4S. The molecule has 0 aromatic heterocycles. The fourth-order valence-corrected chi connectivity index (χ4v) is 2.76. The number of hydrogen-bond donors (Lipinski definition) is 3. The second-order valence-electron chi connectivity index (χ2n) is 5.41. The molecule has 2 unspecified atom stereocenters. The van der Waals surface area contributed by atoms with Crippen LogP contribution in [0.4, 0.5) is 5.69 Å². The minimum Gasteiger partial charge on any atom is -0.481 e. The second-order valence-corrected chi connectivity index (χ2v) is 6.83. The zero-order valence-corrected chi connectivity index (χ0v) is 14.3. The van der Waals surface area contributed by atoms with E-state index in [-0.39, 0.29) is 29.4 Å². The Morgan fingerprint density at radius 3 is 2.30 bits per heavy atom. The van der Waals surface area contributed by atoms with Gasteiger partial charge in [0, 0.05) is 30.5 Å². The zero-order chi connectivity index (χ0) is 17.4. The molecule has 0 spiro atoms. The molecule has 0 saturated carbocycles. The molecule has 3 N–H and O–H groups in total. The summed E-state index contributed by atoms with van der Waals surface area (Å²) in [5, 5.41) is 13.8. The molecule has 1 rings (SSSR count). The molecule has 0 aliphatic carbocycles. The lowest BCUT2D eigenvalue weighted by Gasteiger charge is -2.14. The molecule has 6 nitrogen and oxygen atoms in total. The van der Waals surface area contributed by atoms with Gasteiger partial charge in [-0.3, -0.25) is 14.4 Å². The van der Waals surface area contributed by atoms with Crippen molar-refractivity contribution in [2.24, 2.45) is 5.92 Å². The first-order valence-electron chi connectivity index (χ1n) is 7.31. The summed E-state index contributed by atoms with van der Waals surface area (Å²) < 4.78 is 0. The Labute approximate surface area is 140 Å². The molecule has 2 amide bonds. The van der Waals surface area contributed by atoms with E-state index in [1.54, 1.807) is 26.0 Å². The van der Waals surface area contributed by atoms with E-state index in [9.17, 15) is 14.4 Å². The fraction of sp³-hybridized carbons (Fsp3) is 0.438. The molecule has 1 aromatic rings. The lowest BCUT2D eigenvalue weighted by molar-refractivity contribution is -0.138. The number of benzene rings is 1. The number of carbonyl (C=O) groups is 3. The van der Waals surface area contributed by atoms with Crippen LogP contribution in [0, 0.1) is 5.92 Å². The number of thioether (sulfide) groups is 1. The summed E-state index contributed by atoms with van der Waals surface area (Å²) in [6.07, 6.45) is 0.0341. The number of nitrogens with one attached hydrogen (secondary N) is 2. The van der Waals surface area contributed by atoms with Crippen LogP contribution in [-0.4, -0.2) is 34.7 Å². The summed E-state index contributed by atoms with van der Waals surface area (Å²) >= 11 is 1.40. The Balaban J connectivity index is 2.45. The van der Waals surface area contributed by atoms with Crippen LogP contribution in [0.15, 0.2) is 29.2 Å². The number of aliphatic carboxylic acids is 1. The third-order valence-corrected chi connectivity index (χ3v) is 4.12. The lowest BCUT2D eigenvalue weighted by atomic mass is 10.1. The lowest BCUT2D eigenvalue weighted by Crippen LogP contribution is -2.34. The quantitative estimate of drug-likeness (QED) is 0.632. The van der Waals surface area contributed by atoms with E-state index in [1.165, 1.54) is 18.7 Å². The third-order valence-electron chi connectivity index (χ3n) is 3.00. The van der Waals surface area contributed by atoms with Gasteiger partial charge in [-0.1, -0.05) is 6.92 Å². The molecule has 0 saturated heterocycles. The molecule has 0 bridgehead atoms. The van der Waals surface area contributed by atoms with Crippen LogP contribution < -0.4 is 10.6 Å². The van der Waals surface area contributed by atoms with Crippen LogP contribution in [0.3, 0.4) is 0 Å². The summed E-state index contributed by atoms with van der Waals surface area (Å²) in [7, 11) is 0. The minimum absolute atomic E-state index is 0.0341. The Bertz CT molecular complexity index is 560. The van der Waals surface area contributed by atoms with Crippen molar-refractivity contribution < 1.29 is 19.5 Å². The Hall–Kier alpha value is -2.02. The number of carboxylic acid groups (broad SMARTS) is 1. The van der Waals surface area contributed by atoms with Crippen molar-refractivity contribution in [1.82, 2.24) is 5.32 Å². The van der Waals surface area contributed by atoms with Crippen molar-refractivity contribution in [2.45, 2.75) is 37.3 Å². The van der Waals surface area contributed by atoms with E-state index in [0.29, 0.717) is 12.2 Å². The molecular weight excluding hydrogens is 316 g/mol. The van der Waals surface area contributed by atoms with Gasteiger partial charge in [0.15, 0.2) is 0 Å². The van der Waals surface area contributed by atoms with Crippen LogP contribution in [0.5, 0.6) is 0 Å². The van der Waals surface area contributed by atoms with Gasteiger partial charge in [-0.05, 0) is 37.1 Å². The average molecular weight is 338 g/mol. The van der Waals surface area contributed by atoms with Crippen LogP contribution >= 0.6 is 11.8 Å². The SMILES string of the molecule is CC(=O)Nc1ccc(SC(C)C(=O)NCC(C)CC(=O)O)cc1. The highest BCUT2D eigenvalue weighted by Gasteiger charge is 2.16. The molecule has 0 fully saturated rings. The Morgan fingerprint density at radius 2 is 1.78 bits per heavy atom. The number of hydrogen-bond acceptors (Lipinski definition) is 4. The maximum Gasteiger partial charge on any atom is 0.303 e. The number of rotatable bonds is 8. The Kier molecular flexibility index (Phi) is 7.61. The van der Waals surface area contributed by atoms with E-state index in [1.807, 2.05) is 12.1 Å². The molecule has 1 aromatic carbocycles. The van der Waals surface area contributed by atoms with Crippen molar-refractivity contribution >= 4 is 35.2 Å². The van der Waals surface area contributed by atoms with Gasteiger partial charge in [0.1, 0.15) is 0 Å². The molecule has 0 radical (unpaired) electrons. The predicted molar refractivity (Wildman–Crippen MR) is 90.5 cm³/mol. The first kappa shape index (κ1) is 19.0. The molecule has 0 aliphatic heterocycles. The van der Waals surface area contributed by atoms with E-state index >= 15 is 0 Å². The van der Waals surface area contributed by atoms with E-state index in [0.717, 1.165) is 4.90 Å². The highest BCUT2D eigenvalue weighted by molar-refractivity contribution is 8.00.